The van der Waals surface area contributed by atoms with Gasteiger partial charge in [-0.15, -0.1) is 0 Å². The second-order valence-corrected chi connectivity index (χ2v) is 3.67. The minimum atomic E-state index is -0.189. The molecule has 3 N–H and O–H groups in total. The summed E-state index contributed by atoms with van der Waals surface area (Å²) in [5, 5.41) is 2.75. The number of carbonyl (C=O) groups is 1. The number of hydrogen-bond donors (Lipinski definition) is 2. The molecule has 0 spiro atoms. The first kappa shape index (κ1) is 13.1. The lowest BCUT2D eigenvalue weighted by molar-refractivity contribution is -0.117. The van der Waals surface area contributed by atoms with Crippen molar-refractivity contribution in [3.05, 3.63) is 47.6 Å². The van der Waals surface area contributed by atoms with E-state index in [0.717, 1.165) is 6.42 Å². The van der Waals surface area contributed by atoms with Crippen LogP contribution in [0.5, 0.6) is 0 Å². The number of hydrogen-bond acceptors (Lipinski definition) is 3. The molecule has 17 heavy (non-hydrogen) atoms. The minimum Gasteiger partial charge on any atom is -0.467 e. The Morgan fingerprint density at radius 1 is 1.59 bits per heavy atom. The van der Waals surface area contributed by atoms with E-state index in [9.17, 15) is 4.79 Å². The van der Waals surface area contributed by atoms with Crippen LogP contribution in [0, 0.1) is 0 Å². The second kappa shape index (κ2) is 6.58. The first-order valence-corrected chi connectivity index (χ1v) is 5.58. The summed E-state index contributed by atoms with van der Waals surface area (Å²) in [6, 6.07) is 3.59. The molecule has 0 aliphatic rings. The third-order valence-electron chi connectivity index (χ3n) is 2.19. The number of amides is 1. The van der Waals surface area contributed by atoms with Gasteiger partial charge >= 0.3 is 0 Å². The third-order valence-corrected chi connectivity index (χ3v) is 2.19. The molecule has 0 unspecified atom stereocenters. The first-order valence-electron chi connectivity index (χ1n) is 5.58. The van der Waals surface area contributed by atoms with Gasteiger partial charge in [0.25, 0.3) is 5.91 Å². The molecule has 4 heteroatoms. The Hall–Kier alpha value is -1.97. The van der Waals surface area contributed by atoms with Gasteiger partial charge in [-0.25, -0.2) is 0 Å². The Balaban J connectivity index is 2.61. The van der Waals surface area contributed by atoms with Crippen LogP contribution in [0.2, 0.25) is 0 Å². The quantitative estimate of drug-likeness (QED) is 0.605. The molecule has 0 bridgehead atoms. The second-order valence-electron chi connectivity index (χ2n) is 3.67. The van der Waals surface area contributed by atoms with Crippen molar-refractivity contribution in [3.8, 4) is 0 Å². The van der Waals surface area contributed by atoms with Crippen molar-refractivity contribution < 1.29 is 9.21 Å². The van der Waals surface area contributed by atoms with E-state index in [1.54, 1.807) is 31.4 Å². The predicted molar refractivity (Wildman–Crippen MR) is 66.9 cm³/mol. The average molecular weight is 234 g/mol. The van der Waals surface area contributed by atoms with E-state index >= 15 is 0 Å². The number of nitrogens with two attached hydrogens (primary N) is 1. The minimum absolute atomic E-state index is 0.189. The van der Waals surface area contributed by atoms with Crippen molar-refractivity contribution in [2.45, 2.75) is 26.8 Å². The van der Waals surface area contributed by atoms with Crippen LogP contribution in [0.15, 0.2) is 46.2 Å². The first-order chi connectivity index (χ1) is 8.15. The van der Waals surface area contributed by atoms with Gasteiger partial charge in [0.05, 0.1) is 18.4 Å². The van der Waals surface area contributed by atoms with Gasteiger partial charge in [-0.2, -0.15) is 0 Å². The molecule has 0 fully saturated rings. The van der Waals surface area contributed by atoms with Crippen molar-refractivity contribution in [2.24, 2.45) is 5.73 Å². The molecule has 0 radical (unpaired) electrons. The van der Waals surface area contributed by atoms with Gasteiger partial charge in [0.15, 0.2) is 0 Å². The van der Waals surface area contributed by atoms with Crippen molar-refractivity contribution in [1.82, 2.24) is 5.32 Å². The Bertz CT molecular complexity index is 413. The lowest BCUT2D eigenvalue weighted by atomic mass is 10.1. The zero-order valence-electron chi connectivity index (χ0n) is 10.2. The Labute approximate surface area is 101 Å². The summed E-state index contributed by atoms with van der Waals surface area (Å²) < 4.78 is 5.13. The van der Waals surface area contributed by atoms with Crippen molar-refractivity contribution in [1.29, 1.82) is 0 Å². The molecule has 0 saturated carbocycles. The van der Waals surface area contributed by atoms with E-state index in [0.29, 0.717) is 23.6 Å². The van der Waals surface area contributed by atoms with E-state index in [1.165, 1.54) is 0 Å². The largest absolute Gasteiger partial charge is 0.467 e. The van der Waals surface area contributed by atoms with Gasteiger partial charge in [-0.05, 0) is 25.5 Å². The molecule has 0 saturated heterocycles. The average Bonchev–Trinajstić information content (AvgIpc) is 2.79. The van der Waals surface area contributed by atoms with Gasteiger partial charge in [0, 0.05) is 5.70 Å². The molecule has 1 aromatic rings. The monoisotopic (exact) mass is 234 g/mol. The Morgan fingerprint density at radius 3 is 2.88 bits per heavy atom. The van der Waals surface area contributed by atoms with Crippen LogP contribution in [0.25, 0.3) is 0 Å². The molecule has 1 amide bonds. The highest BCUT2D eigenvalue weighted by Crippen LogP contribution is 2.04. The van der Waals surface area contributed by atoms with Gasteiger partial charge < -0.3 is 15.5 Å². The number of rotatable bonds is 5. The summed E-state index contributed by atoms with van der Waals surface area (Å²) in [6.07, 6.45) is 6.08. The van der Waals surface area contributed by atoms with E-state index in [-0.39, 0.29) is 5.91 Å². The van der Waals surface area contributed by atoms with E-state index in [2.05, 4.69) is 5.32 Å². The zero-order chi connectivity index (χ0) is 12.7. The van der Waals surface area contributed by atoms with Gasteiger partial charge in [0.2, 0.25) is 0 Å². The SMILES string of the molecule is CC/C=C\C(C(=O)NCc1ccco1)=C(/C)N. The van der Waals surface area contributed by atoms with Crippen LogP contribution in [-0.2, 0) is 11.3 Å². The number of nitrogens with one attached hydrogen (secondary N) is 1. The predicted octanol–water partition coefficient (Wildman–Crippen LogP) is 2.09. The molecule has 1 rings (SSSR count). The van der Waals surface area contributed by atoms with Crippen LogP contribution in [-0.4, -0.2) is 5.91 Å². The number of carbonyl (C=O) groups excluding carboxylic acids is 1. The van der Waals surface area contributed by atoms with Crippen LogP contribution < -0.4 is 11.1 Å². The Morgan fingerprint density at radius 2 is 2.35 bits per heavy atom. The summed E-state index contributed by atoms with van der Waals surface area (Å²) in [4.78, 5) is 11.8. The lowest BCUT2D eigenvalue weighted by Crippen LogP contribution is -2.25. The van der Waals surface area contributed by atoms with Crippen LogP contribution in [0.3, 0.4) is 0 Å². The Kier molecular flexibility index (Phi) is 5.07. The maximum atomic E-state index is 11.8. The van der Waals surface area contributed by atoms with Crippen molar-refractivity contribution in [2.75, 3.05) is 0 Å². The highest BCUT2D eigenvalue weighted by Gasteiger charge is 2.08. The van der Waals surface area contributed by atoms with Gasteiger partial charge in [-0.1, -0.05) is 19.1 Å². The zero-order valence-corrected chi connectivity index (χ0v) is 10.2. The summed E-state index contributed by atoms with van der Waals surface area (Å²) in [5.41, 5.74) is 6.68. The topological polar surface area (TPSA) is 68.3 Å². The highest BCUT2D eigenvalue weighted by atomic mass is 16.3. The molecule has 1 heterocycles. The molecule has 0 aromatic carbocycles. The fourth-order valence-corrected chi connectivity index (χ4v) is 1.30. The maximum Gasteiger partial charge on any atom is 0.253 e. The van der Waals surface area contributed by atoms with Crippen LogP contribution in [0.4, 0.5) is 0 Å². The summed E-state index contributed by atoms with van der Waals surface area (Å²) in [5.74, 6) is 0.526. The molecule has 92 valence electrons. The maximum absolute atomic E-state index is 11.8. The fraction of sp³-hybridized carbons (Fsp3) is 0.308. The van der Waals surface area contributed by atoms with Crippen molar-refractivity contribution >= 4 is 5.91 Å². The van der Waals surface area contributed by atoms with Gasteiger partial charge in [0.1, 0.15) is 5.76 Å². The molecule has 4 nitrogen and oxygen atoms in total. The smallest absolute Gasteiger partial charge is 0.253 e. The van der Waals surface area contributed by atoms with Gasteiger partial charge in [-0.3, -0.25) is 4.79 Å². The molecule has 0 atom stereocenters. The van der Waals surface area contributed by atoms with Crippen molar-refractivity contribution in [3.63, 3.8) is 0 Å². The van der Waals surface area contributed by atoms with E-state index in [1.807, 2.05) is 13.0 Å². The fourth-order valence-electron chi connectivity index (χ4n) is 1.30. The summed E-state index contributed by atoms with van der Waals surface area (Å²) in [6.45, 7) is 4.07. The number of allylic oxidation sites excluding steroid dienone is 2. The normalized spacial score (nSPS) is 12.6. The van der Waals surface area contributed by atoms with E-state index in [4.69, 9.17) is 10.2 Å². The standard InChI is InChI=1S/C13H18N2O2/c1-3-4-7-12(10(2)14)13(16)15-9-11-6-5-8-17-11/h4-8H,3,9,14H2,1-2H3,(H,15,16)/b7-4-,12-10-. The van der Waals surface area contributed by atoms with Crippen LogP contribution in [0.1, 0.15) is 26.0 Å². The van der Waals surface area contributed by atoms with E-state index < -0.39 is 0 Å². The molecule has 0 aliphatic carbocycles. The molecule has 1 aromatic heterocycles. The summed E-state index contributed by atoms with van der Waals surface area (Å²) >= 11 is 0. The van der Waals surface area contributed by atoms with Crippen LogP contribution >= 0.6 is 0 Å². The summed E-state index contributed by atoms with van der Waals surface area (Å²) in [7, 11) is 0. The third kappa shape index (κ3) is 4.18. The lowest BCUT2D eigenvalue weighted by Gasteiger charge is -2.06. The highest BCUT2D eigenvalue weighted by molar-refractivity contribution is 5.96. The number of furan rings is 1. The molecular weight excluding hydrogens is 216 g/mol. The molecule has 0 aliphatic heterocycles. The molecular formula is C13H18N2O2.